The van der Waals surface area contributed by atoms with Crippen LogP contribution in [-0.4, -0.2) is 21.5 Å². The first-order chi connectivity index (χ1) is 11.8. The van der Waals surface area contributed by atoms with Crippen molar-refractivity contribution in [2.24, 2.45) is 0 Å². The molecule has 0 unspecified atom stereocenters. The lowest BCUT2D eigenvalue weighted by Crippen LogP contribution is -2.05. The van der Waals surface area contributed by atoms with Crippen molar-refractivity contribution < 1.29 is 22.4 Å². The van der Waals surface area contributed by atoms with Gasteiger partial charge in [0, 0.05) is 5.39 Å². The lowest BCUT2D eigenvalue weighted by molar-refractivity contribution is 0.0600. The molecule has 0 fully saturated rings. The van der Waals surface area contributed by atoms with Crippen LogP contribution in [0.5, 0.6) is 0 Å². The van der Waals surface area contributed by atoms with E-state index in [2.05, 4.69) is 0 Å². The van der Waals surface area contributed by atoms with Gasteiger partial charge in [0.25, 0.3) is 0 Å². The molecule has 0 aliphatic rings. The van der Waals surface area contributed by atoms with Crippen molar-refractivity contribution in [3.8, 4) is 0 Å². The lowest BCUT2D eigenvalue weighted by Gasteiger charge is -2.06. The van der Waals surface area contributed by atoms with Crippen molar-refractivity contribution in [3.63, 3.8) is 0 Å². The molecule has 0 atom stereocenters. The number of rotatable bonds is 4. The molecule has 0 radical (unpaired) electrons. The fourth-order valence-electron chi connectivity index (χ4n) is 2.76. The highest BCUT2D eigenvalue weighted by atomic mass is 32.2. The van der Waals surface area contributed by atoms with E-state index in [0.29, 0.717) is 27.9 Å². The van der Waals surface area contributed by atoms with Gasteiger partial charge in [-0.05, 0) is 43.7 Å². The normalized spacial score (nSPS) is 11.6. The van der Waals surface area contributed by atoms with Gasteiger partial charge in [0.15, 0.2) is 9.84 Å². The molecule has 0 spiro atoms. The predicted octanol–water partition coefficient (Wildman–Crippen LogP) is 3.81. The quantitative estimate of drug-likeness (QED) is 0.663. The van der Waals surface area contributed by atoms with E-state index >= 15 is 0 Å². The van der Waals surface area contributed by atoms with Crippen LogP contribution >= 0.6 is 0 Å². The molecule has 0 aliphatic heterocycles. The van der Waals surface area contributed by atoms with Gasteiger partial charge in [0.2, 0.25) is 0 Å². The first kappa shape index (κ1) is 17.2. The van der Waals surface area contributed by atoms with Gasteiger partial charge in [-0.2, -0.15) is 0 Å². The maximum absolute atomic E-state index is 12.6. The van der Waals surface area contributed by atoms with E-state index in [1.165, 1.54) is 7.11 Å². The molecule has 2 aromatic carbocycles. The highest BCUT2D eigenvalue weighted by molar-refractivity contribution is 7.90. The second-order valence-electron chi connectivity index (χ2n) is 5.93. The molecule has 3 aromatic rings. The Morgan fingerprint density at radius 1 is 1.08 bits per heavy atom. The minimum absolute atomic E-state index is 0.156. The van der Waals surface area contributed by atoms with Gasteiger partial charge in [-0.25, -0.2) is 13.2 Å². The molecule has 0 saturated heterocycles. The summed E-state index contributed by atoms with van der Waals surface area (Å²) >= 11 is 0. The number of sulfone groups is 1. The number of methoxy groups -OCH3 is 1. The fraction of sp³-hybridized carbons (Fsp3) is 0.211. The SMILES string of the molecule is COC(=O)c1c(C)oc2ccc(CS(=O)(=O)c3ccc(C)cc3)cc12. The van der Waals surface area contributed by atoms with Crippen LogP contribution in [0.15, 0.2) is 51.8 Å². The summed E-state index contributed by atoms with van der Waals surface area (Å²) in [5, 5.41) is 0.556. The average molecular weight is 358 g/mol. The number of hydrogen-bond donors (Lipinski definition) is 0. The highest BCUT2D eigenvalue weighted by Gasteiger charge is 2.21. The number of aryl methyl sites for hydroxylation is 2. The maximum atomic E-state index is 12.6. The third-order valence-electron chi connectivity index (χ3n) is 4.05. The van der Waals surface area contributed by atoms with Crippen molar-refractivity contribution in [2.75, 3.05) is 7.11 Å². The summed E-state index contributed by atoms with van der Waals surface area (Å²) in [7, 11) is -2.18. The number of carbonyl (C=O) groups excluding carboxylic acids is 1. The van der Waals surface area contributed by atoms with Crippen LogP contribution in [0.25, 0.3) is 11.0 Å². The van der Waals surface area contributed by atoms with E-state index in [1.807, 2.05) is 6.92 Å². The largest absolute Gasteiger partial charge is 0.465 e. The number of ether oxygens (including phenoxy) is 1. The standard InChI is InChI=1S/C19H18O5S/c1-12-4-7-15(8-5-12)25(21,22)11-14-6-9-17-16(10-14)18(13(2)24-17)19(20)23-3/h4-10H,11H2,1-3H3. The predicted molar refractivity (Wildman–Crippen MR) is 94.4 cm³/mol. The van der Waals surface area contributed by atoms with Crippen molar-refractivity contribution in [1.29, 1.82) is 0 Å². The van der Waals surface area contributed by atoms with Gasteiger partial charge in [0.05, 0.1) is 17.8 Å². The molecule has 0 bridgehead atoms. The molecule has 1 aromatic heterocycles. The van der Waals surface area contributed by atoms with E-state index in [0.717, 1.165) is 5.56 Å². The van der Waals surface area contributed by atoms with Crippen LogP contribution in [-0.2, 0) is 20.3 Å². The molecule has 3 rings (SSSR count). The fourth-order valence-corrected chi connectivity index (χ4v) is 4.10. The number of hydrogen-bond acceptors (Lipinski definition) is 5. The van der Waals surface area contributed by atoms with E-state index < -0.39 is 15.8 Å². The number of fused-ring (bicyclic) bond motifs is 1. The van der Waals surface area contributed by atoms with Crippen molar-refractivity contribution in [1.82, 2.24) is 0 Å². The first-order valence-electron chi connectivity index (χ1n) is 7.71. The summed E-state index contributed by atoms with van der Waals surface area (Å²) in [6.07, 6.45) is 0. The molecule has 0 aliphatic carbocycles. The zero-order valence-corrected chi connectivity index (χ0v) is 15.0. The van der Waals surface area contributed by atoms with Crippen molar-refractivity contribution in [2.45, 2.75) is 24.5 Å². The molecular formula is C19H18O5S. The molecule has 6 heteroatoms. The molecule has 0 amide bonds. The van der Waals surface area contributed by atoms with E-state index in [9.17, 15) is 13.2 Å². The van der Waals surface area contributed by atoms with Gasteiger partial charge >= 0.3 is 5.97 Å². The van der Waals surface area contributed by atoms with Crippen LogP contribution < -0.4 is 0 Å². The number of carbonyl (C=O) groups is 1. The molecule has 5 nitrogen and oxygen atoms in total. The van der Waals surface area contributed by atoms with E-state index in [-0.39, 0.29) is 10.6 Å². The lowest BCUT2D eigenvalue weighted by atomic mass is 10.1. The summed E-state index contributed by atoms with van der Waals surface area (Å²) in [4.78, 5) is 12.2. The zero-order valence-electron chi connectivity index (χ0n) is 14.2. The minimum Gasteiger partial charge on any atom is -0.465 e. The monoisotopic (exact) mass is 358 g/mol. The van der Waals surface area contributed by atoms with Gasteiger partial charge in [0.1, 0.15) is 16.9 Å². The molecule has 25 heavy (non-hydrogen) atoms. The minimum atomic E-state index is -3.48. The van der Waals surface area contributed by atoms with Crippen LogP contribution in [0, 0.1) is 13.8 Å². The Bertz CT molecular complexity index is 1040. The smallest absolute Gasteiger partial charge is 0.342 e. The van der Waals surface area contributed by atoms with Gasteiger partial charge in [-0.3, -0.25) is 0 Å². The maximum Gasteiger partial charge on any atom is 0.342 e. The van der Waals surface area contributed by atoms with E-state index in [4.69, 9.17) is 9.15 Å². The third-order valence-corrected chi connectivity index (χ3v) is 5.76. The van der Waals surface area contributed by atoms with Crippen LogP contribution in [0.3, 0.4) is 0 Å². The topological polar surface area (TPSA) is 73.6 Å². The number of furan rings is 1. The summed E-state index contributed by atoms with van der Waals surface area (Å²) < 4.78 is 35.6. The Labute approximate surface area is 146 Å². The van der Waals surface area contributed by atoms with Gasteiger partial charge in [-0.15, -0.1) is 0 Å². The summed E-state index contributed by atoms with van der Waals surface area (Å²) in [5.41, 5.74) is 2.43. The Morgan fingerprint density at radius 3 is 2.40 bits per heavy atom. The second-order valence-corrected chi connectivity index (χ2v) is 7.92. The van der Waals surface area contributed by atoms with Crippen LogP contribution in [0.2, 0.25) is 0 Å². The Morgan fingerprint density at radius 2 is 1.76 bits per heavy atom. The zero-order chi connectivity index (χ0) is 18.2. The molecule has 130 valence electrons. The van der Waals surface area contributed by atoms with Gasteiger partial charge in [-0.1, -0.05) is 23.8 Å². The Hall–Kier alpha value is -2.60. The summed E-state index contributed by atoms with van der Waals surface area (Å²) in [5.74, 6) is -0.216. The molecule has 0 N–H and O–H groups in total. The number of benzene rings is 2. The van der Waals surface area contributed by atoms with Crippen LogP contribution in [0.1, 0.15) is 27.2 Å². The summed E-state index contributed by atoms with van der Waals surface area (Å²) in [6.45, 7) is 3.58. The average Bonchev–Trinajstić information content (AvgIpc) is 2.89. The highest BCUT2D eigenvalue weighted by Crippen LogP contribution is 2.28. The molecular weight excluding hydrogens is 340 g/mol. The number of esters is 1. The van der Waals surface area contributed by atoms with Gasteiger partial charge < -0.3 is 9.15 Å². The van der Waals surface area contributed by atoms with Crippen LogP contribution in [0.4, 0.5) is 0 Å². The second kappa shape index (κ2) is 6.37. The Kier molecular flexibility index (Phi) is 4.39. The third kappa shape index (κ3) is 3.30. The van der Waals surface area contributed by atoms with Crippen molar-refractivity contribution >= 4 is 26.8 Å². The first-order valence-corrected chi connectivity index (χ1v) is 9.37. The summed E-state index contributed by atoms with van der Waals surface area (Å²) in [6, 6.07) is 11.8. The Balaban J connectivity index is 2.02. The van der Waals surface area contributed by atoms with E-state index in [1.54, 1.807) is 49.4 Å². The molecule has 0 saturated carbocycles. The molecule has 1 heterocycles. The van der Waals surface area contributed by atoms with Crippen molar-refractivity contribution in [3.05, 3.63) is 64.9 Å².